The second kappa shape index (κ2) is 6.80. The number of halogens is 1. The van der Waals surface area contributed by atoms with Gasteiger partial charge in [0.1, 0.15) is 5.82 Å². The number of nitrogens with zero attached hydrogens (tertiary/aromatic N) is 2. The summed E-state index contributed by atoms with van der Waals surface area (Å²) >= 11 is 3.36. The maximum Gasteiger partial charge on any atom is 0.280 e. The second-order valence-electron chi connectivity index (χ2n) is 5.18. The number of rotatable bonds is 3. The summed E-state index contributed by atoms with van der Waals surface area (Å²) in [5.41, 5.74) is 3.75. The lowest BCUT2D eigenvalue weighted by atomic mass is 10.2. The normalized spacial score (nSPS) is 11.1. The highest BCUT2D eigenvalue weighted by Gasteiger charge is 2.08. The van der Waals surface area contributed by atoms with E-state index in [0.717, 1.165) is 14.7 Å². The molecule has 0 aliphatic carbocycles. The van der Waals surface area contributed by atoms with Gasteiger partial charge in [-0.2, -0.15) is 0 Å². The van der Waals surface area contributed by atoms with Crippen LogP contribution in [0.5, 0.6) is 0 Å². The maximum absolute atomic E-state index is 12.5. The first-order valence-corrected chi connectivity index (χ1v) is 8.07. The Morgan fingerprint density at radius 3 is 2.62 bits per heavy atom. The van der Waals surface area contributed by atoms with Crippen molar-refractivity contribution >= 4 is 38.8 Å². The topological polar surface area (TPSA) is 64.0 Å². The minimum atomic E-state index is -0.403. The van der Waals surface area contributed by atoms with Gasteiger partial charge in [0.15, 0.2) is 0 Å². The largest absolute Gasteiger partial charge is 0.280 e. The van der Waals surface area contributed by atoms with Crippen LogP contribution in [0.1, 0.15) is 11.4 Å². The van der Waals surface area contributed by atoms with E-state index in [1.54, 1.807) is 31.2 Å². The Bertz CT molecular complexity index is 991. The minimum Gasteiger partial charge on any atom is -0.268 e. The molecular weight excluding hydrogens is 370 g/mol. The molecule has 0 radical (unpaired) electrons. The van der Waals surface area contributed by atoms with Crippen LogP contribution in [0.4, 0.5) is 0 Å². The molecule has 0 fully saturated rings. The molecule has 1 amide bonds. The van der Waals surface area contributed by atoms with Crippen LogP contribution in [0, 0.1) is 6.92 Å². The first-order chi connectivity index (χ1) is 11.5. The molecular formula is C18H14BrN3O2. The fourth-order valence-corrected chi connectivity index (χ4v) is 2.53. The zero-order chi connectivity index (χ0) is 17.1. The van der Waals surface area contributed by atoms with Crippen molar-refractivity contribution in [2.45, 2.75) is 6.92 Å². The Morgan fingerprint density at radius 1 is 1.17 bits per heavy atom. The first kappa shape index (κ1) is 16.1. The molecule has 0 bridgehead atoms. The van der Waals surface area contributed by atoms with E-state index in [9.17, 15) is 9.59 Å². The molecule has 0 spiro atoms. The summed E-state index contributed by atoms with van der Waals surface area (Å²) in [6.45, 7) is 1.67. The monoisotopic (exact) mass is 383 g/mol. The number of carbonyl (C=O) groups is 1. The standard InChI is InChI=1S/C18H14BrN3O2/c1-12-20-16-5-3-2-4-15(16)18(24)22(12)21-17(23)11-8-13-6-9-14(19)10-7-13/h2-11H,1H3,(H,21,23)/b11-8+. The Hall–Kier alpha value is -2.73. The molecule has 0 aliphatic rings. The highest BCUT2D eigenvalue weighted by molar-refractivity contribution is 9.10. The van der Waals surface area contributed by atoms with Gasteiger partial charge in [-0.1, -0.05) is 40.2 Å². The summed E-state index contributed by atoms with van der Waals surface area (Å²) < 4.78 is 2.13. The molecule has 24 heavy (non-hydrogen) atoms. The van der Waals surface area contributed by atoms with Gasteiger partial charge in [-0.05, 0) is 42.8 Å². The third kappa shape index (κ3) is 3.44. The minimum absolute atomic E-state index is 0.302. The molecule has 120 valence electrons. The van der Waals surface area contributed by atoms with Crippen LogP contribution in [0.3, 0.4) is 0 Å². The average molecular weight is 384 g/mol. The Kier molecular flexibility index (Phi) is 4.57. The van der Waals surface area contributed by atoms with Gasteiger partial charge in [-0.15, -0.1) is 0 Å². The van der Waals surface area contributed by atoms with Crippen molar-refractivity contribution in [3.05, 3.63) is 80.8 Å². The van der Waals surface area contributed by atoms with Crippen molar-refractivity contribution in [3.63, 3.8) is 0 Å². The van der Waals surface area contributed by atoms with E-state index in [4.69, 9.17) is 0 Å². The molecule has 2 aromatic carbocycles. The zero-order valence-electron chi connectivity index (χ0n) is 12.9. The summed E-state index contributed by atoms with van der Waals surface area (Å²) in [4.78, 5) is 28.9. The Morgan fingerprint density at radius 2 is 1.88 bits per heavy atom. The third-order valence-corrected chi connectivity index (χ3v) is 3.99. The van der Waals surface area contributed by atoms with Gasteiger partial charge in [-0.25, -0.2) is 9.66 Å². The highest BCUT2D eigenvalue weighted by Crippen LogP contribution is 2.11. The van der Waals surface area contributed by atoms with Gasteiger partial charge in [-0.3, -0.25) is 15.0 Å². The number of amides is 1. The number of fused-ring (bicyclic) bond motifs is 1. The molecule has 3 rings (SSSR count). The molecule has 1 aromatic heterocycles. The summed E-state index contributed by atoms with van der Waals surface area (Å²) in [6.07, 6.45) is 3.06. The third-order valence-electron chi connectivity index (χ3n) is 3.46. The lowest BCUT2D eigenvalue weighted by molar-refractivity contribution is -0.112. The number of carbonyl (C=O) groups excluding carboxylic acids is 1. The van der Waals surface area contributed by atoms with Gasteiger partial charge < -0.3 is 0 Å². The van der Waals surface area contributed by atoms with Crippen molar-refractivity contribution < 1.29 is 4.79 Å². The van der Waals surface area contributed by atoms with E-state index >= 15 is 0 Å². The second-order valence-corrected chi connectivity index (χ2v) is 6.09. The fourth-order valence-electron chi connectivity index (χ4n) is 2.27. The number of nitrogens with one attached hydrogen (secondary N) is 1. The average Bonchev–Trinajstić information content (AvgIpc) is 2.58. The van der Waals surface area contributed by atoms with Crippen LogP contribution >= 0.6 is 15.9 Å². The Labute approximate surface area is 146 Å². The van der Waals surface area contributed by atoms with Crippen LogP contribution in [0.2, 0.25) is 0 Å². The lowest BCUT2D eigenvalue weighted by Crippen LogP contribution is -2.34. The van der Waals surface area contributed by atoms with E-state index < -0.39 is 5.91 Å². The molecule has 0 aliphatic heterocycles. The molecule has 0 unspecified atom stereocenters. The quantitative estimate of drug-likeness (QED) is 0.706. The smallest absolute Gasteiger partial charge is 0.268 e. The molecule has 0 atom stereocenters. The van der Waals surface area contributed by atoms with Gasteiger partial charge in [0.2, 0.25) is 0 Å². The highest BCUT2D eigenvalue weighted by atomic mass is 79.9. The molecule has 0 saturated carbocycles. The predicted molar refractivity (Wildman–Crippen MR) is 98.3 cm³/mol. The number of benzene rings is 2. The van der Waals surface area contributed by atoms with Crippen molar-refractivity contribution in [3.8, 4) is 0 Å². The molecule has 0 saturated heterocycles. The zero-order valence-corrected chi connectivity index (χ0v) is 14.4. The predicted octanol–water partition coefficient (Wildman–Crippen LogP) is 3.25. The van der Waals surface area contributed by atoms with Crippen LogP contribution in [-0.4, -0.2) is 15.6 Å². The van der Waals surface area contributed by atoms with E-state index in [1.807, 2.05) is 30.3 Å². The number of aromatic nitrogens is 2. The van der Waals surface area contributed by atoms with Crippen LogP contribution in [0.25, 0.3) is 17.0 Å². The van der Waals surface area contributed by atoms with Crippen LogP contribution in [0.15, 0.2) is 63.9 Å². The first-order valence-electron chi connectivity index (χ1n) is 7.27. The SMILES string of the molecule is Cc1nc2ccccc2c(=O)n1NC(=O)/C=C/c1ccc(Br)cc1. The molecule has 3 aromatic rings. The summed E-state index contributed by atoms with van der Waals surface area (Å²) in [6, 6.07) is 14.6. The van der Waals surface area contributed by atoms with E-state index in [-0.39, 0.29) is 5.56 Å². The van der Waals surface area contributed by atoms with Crippen molar-refractivity contribution in [2.75, 3.05) is 5.43 Å². The number of hydrogen-bond acceptors (Lipinski definition) is 3. The fraction of sp³-hybridized carbons (Fsp3) is 0.0556. The van der Waals surface area contributed by atoms with Gasteiger partial charge in [0, 0.05) is 10.5 Å². The molecule has 5 nitrogen and oxygen atoms in total. The summed E-state index contributed by atoms with van der Waals surface area (Å²) in [7, 11) is 0. The lowest BCUT2D eigenvalue weighted by Gasteiger charge is -2.10. The number of hydrogen-bond donors (Lipinski definition) is 1. The van der Waals surface area contributed by atoms with Crippen LogP contribution in [-0.2, 0) is 4.79 Å². The van der Waals surface area contributed by atoms with E-state index in [2.05, 4.69) is 26.3 Å². The summed E-state index contributed by atoms with van der Waals surface area (Å²) in [5, 5.41) is 0.459. The Balaban J connectivity index is 1.85. The van der Waals surface area contributed by atoms with Crippen molar-refractivity contribution in [1.29, 1.82) is 0 Å². The van der Waals surface area contributed by atoms with E-state index in [0.29, 0.717) is 16.7 Å². The molecule has 1 N–H and O–H groups in total. The molecule has 6 heteroatoms. The molecule has 1 heterocycles. The summed E-state index contributed by atoms with van der Waals surface area (Å²) in [5.74, 6) is 0.0179. The van der Waals surface area contributed by atoms with Gasteiger partial charge in [0.25, 0.3) is 11.5 Å². The van der Waals surface area contributed by atoms with E-state index in [1.165, 1.54) is 6.08 Å². The number of para-hydroxylation sites is 1. The maximum atomic E-state index is 12.5. The van der Waals surface area contributed by atoms with Gasteiger partial charge >= 0.3 is 0 Å². The van der Waals surface area contributed by atoms with Crippen LogP contribution < -0.4 is 11.0 Å². The number of aryl methyl sites for hydroxylation is 1. The van der Waals surface area contributed by atoms with Gasteiger partial charge in [0.05, 0.1) is 10.9 Å². The van der Waals surface area contributed by atoms with Crippen molar-refractivity contribution in [2.24, 2.45) is 0 Å². The van der Waals surface area contributed by atoms with Crippen molar-refractivity contribution in [1.82, 2.24) is 9.66 Å².